The third-order valence-corrected chi connectivity index (χ3v) is 1.37. The topological polar surface area (TPSA) is 69.6 Å². The van der Waals surface area contributed by atoms with Crippen molar-refractivity contribution < 1.29 is 15.0 Å². The van der Waals surface area contributed by atoms with Crippen LogP contribution in [0.5, 0.6) is 0 Å². The Morgan fingerprint density at radius 1 is 1.64 bits per heavy atom. The summed E-state index contributed by atoms with van der Waals surface area (Å²) in [6, 6.07) is -0.628. The minimum absolute atomic E-state index is 0.0787. The van der Waals surface area contributed by atoms with Gasteiger partial charge in [0.1, 0.15) is 6.04 Å². The monoisotopic (exact) mass is 161 g/mol. The number of hydrogen-bond acceptors (Lipinski definition) is 3. The number of aliphatic hydroxyl groups excluding tert-OH is 1. The molecule has 0 aliphatic carbocycles. The van der Waals surface area contributed by atoms with E-state index in [1.54, 1.807) is 20.8 Å². The Hall–Kier alpha value is -0.610. The van der Waals surface area contributed by atoms with E-state index >= 15 is 0 Å². The van der Waals surface area contributed by atoms with Gasteiger partial charge in [0.25, 0.3) is 0 Å². The van der Waals surface area contributed by atoms with Crippen LogP contribution in [0.3, 0.4) is 0 Å². The van der Waals surface area contributed by atoms with Gasteiger partial charge in [-0.05, 0) is 20.8 Å². The molecule has 0 radical (unpaired) electrons. The minimum atomic E-state index is -0.911. The fourth-order valence-electron chi connectivity index (χ4n) is 0.693. The predicted octanol–water partition coefficient (Wildman–Crippen LogP) is -0.180. The second-order valence-electron chi connectivity index (χ2n) is 3.25. The lowest BCUT2D eigenvalue weighted by molar-refractivity contribution is -0.139. The third-order valence-electron chi connectivity index (χ3n) is 1.37. The van der Waals surface area contributed by atoms with Gasteiger partial charge in [0.15, 0.2) is 0 Å². The van der Waals surface area contributed by atoms with Gasteiger partial charge in [-0.3, -0.25) is 10.1 Å². The highest BCUT2D eigenvalue weighted by Gasteiger charge is 2.21. The van der Waals surface area contributed by atoms with Crippen LogP contribution >= 0.6 is 0 Å². The van der Waals surface area contributed by atoms with Gasteiger partial charge in [-0.15, -0.1) is 0 Å². The first kappa shape index (κ1) is 10.4. The van der Waals surface area contributed by atoms with E-state index < -0.39 is 17.6 Å². The van der Waals surface area contributed by atoms with E-state index in [4.69, 9.17) is 10.2 Å². The largest absolute Gasteiger partial charge is 0.480 e. The molecule has 0 fully saturated rings. The molecule has 4 nitrogen and oxygen atoms in total. The van der Waals surface area contributed by atoms with Crippen LogP contribution in [-0.2, 0) is 4.79 Å². The SMILES string of the molecule is CC(NC(C)(C)CO)C(=O)O. The van der Waals surface area contributed by atoms with Gasteiger partial charge >= 0.3 is 5.97 Å². The maximum absolute atomic E-state index is 10.3. The van der Waals surface area contributed by atoms with Crippen molar-refractivity contribution >= 4 is 5.97 Å². The molecule has 66 valence electrons. The fourth-order valence-corrected chi connectivity index (χ4v) is 0.693. The van der Waals surface area contributed by atoms with Crippen LogP contribution in [0.2, 0.25) is 0 Å². The van der Waals surface area contributed by atoms with Crippen LogP contribution in [-0.4, -0.2) is 34.4 Å². The maximum Gasteiger partial charge on any atom is 0.320 e. The first-order chi connectivity index (χ1) is 4.89. The van der Waals surface area contributed by atoms with Gasteiger partial charge < -0.3 is 10.2 Å². The lowest BCUT2D eigenvalue weighted by Gasteiger charge is -2.25. The van der Waals surface area contributed by atoms with E-state index in [2.05, 4.69) is 5.32 Å². The predicted molar refractivity (Wildman–Crippen MR) is 41.4 cm³/mol. The molecule has 0 heterocycles. The van der Waals surface area contributed by atoms with Crippen molar-refractivity contribution in [3.8, 4) is 0 Å². The van der Waals surface area contributed by atoms with E-state index in [9.17, 15) is 4.79 Å². The fraction of sp³-hybridized carbons (Fsp3) is 0.857. The second-order valence-corrected chi connectivity index (χ2v) is 3.25. The Kier molecular flexibility index (Phi) is 3.48. The Morgan fingerprint density at radius 3 is 2.36 bits per heavy atom. The summed E-state index contributed by atoms with van der Waals surface area (Å²) >= 11 is 0. The third kappa shape index (κ3) is 3.95. The molecule has 0 spiro atoms. The first-order valence-electron chi connectivity index (χ1n) is 3.50. The van der Waals surface area contributed by atoms with Gasteiger partial charge in [-0.2, -0.15) is 0 Å². The molecule has 0 aromatic rings. The summed E-state index contributed by atoms with van der Waals surface area (Å²) in [7, 11) is 0. The molecule has 0 saturated carbocycles. The molecule has 0 aliphatic rings. The molecule has 0 aromatic carbocycles. The normalized spacial score (nSPS) is 14.5. The Labute approximate surface area is 66.2 Å². The first-order valence-corrected chi connectivity index (χ1v) is 3.50. The quantitative estimate of drug-likeness (QED) is 0.535. The Bertz CT molecular complexity index is 145. The number of rotatable bonds is 4. The molecule has 0 aromatic heterocycles. The molecule has 0 amide bonds. The standard InChI is InChI=1S/C7H15NO3/c1-5(6(10)11)8-7(2,3)4-9/h5,8-9H,4H2,1-3H3,(H,10,11). The zero-order valence-corrected chi connectivity index (χ0v) is 7.09. The summed E-state index contributed by atoms with van der Waals surface area (Å²) in [6.07, 6.45) is 0. The van der Waals surface area contributed by atoms with Crippen molar-refractivity contribution in [2.24, 2.45) is 0 Å². The molecule has 1 atom stereocenters. The molecule has 0 bridgehead atoms. The number of carbonyl (C=O) groups is 1. The van der Waals surface area contributed by atoms with Gasteiger partial charge in [0.2, 0.25) is 0 Å². The van der Waals surface area contributed by atoms with Crippen molar-refractivity contribution in [3.05, 3.63) is 0 Å². The minimum Gasteiger partial charge on any atom is -0.480 e. The van der Waals surface area contributed by atoms with Crippen LogP contribution in [0.15, 0.2) is 0 Å². The number of aliphatic hydroxyl groups is 1. The summed E-state index contributed by atoms with van der Waals surface area (Å²) in [5, 5.41) is 20.0. The van der Waals surface area contributed by atoms with E-state index in [0.29, 0.717) is 0 Å². The second kappa shape index (κ2) is 3.69. The lowest BCUT2D eigenvalue weighted by Crippen LogP contribution is -2.50. The van der Waals surface area contributed by atoms with Crippen molar-refractivity contribution in [1.82, 2.24) is 5.32 Å². The number of aliphatic carboxylic acids is 1. The summed E-state index contributed by atoms with van der Waals surface area (Å²) in [4.78, 5) is 10.3. The summed E-state index contributed by atoms with van der Waals surface area (Å²) in [5.74, 6) is -0.911. The number of hydrogen-bond donors (Lipinski definition) is 3. The number of carboxylic acid groups (broad SMARTS) is 1. The molecule has 3 N–H and O–H groups in total. The molecule has 4 heteroatoms. The van der Waals surface area contributed by atoms with Gasteiger partial charge in [0, 0.05) is 5.54 Å². The number of nitrogens with one attached hydrogen (secondary N) is 1. The van der Waals surface area contributed by atoms with Crippen LogP contribution < -0.4 is 5.32 Å². The molecule has 0 rings (SSSR count). The van der Waals surface area contributed by atoms with Crippen molar-refractivity contribution in [2.75, 3.05) is 6.61 Å². The molecule has 1 unspecified atom stereocenters. The van der Waals surface area contributed by atoms with Gasteiger partial charge in [-0.25, -0.2) is 0 Å². The van der Waals surface area contributed by atoms with Crippen molar-refractivity contribution in [1.29, 1.82) is 0 Å². The van der Waals surface area contributed by atoms with Crippen LogP contribution in [0.1, 0.15) is 20.8 Å². The smallest absolute Gasteiger partial charge is 0.320 e. The molecule has 0 saturated heterocycles. The molecule has 11 heavy (non-hydrogen) atoms. The Morgan fingerprint density at radius 2 is 2.09 bits per heavy atom. The molecular weight excluding hydrogens is 146 g/mol. The summed E-state index contributed by atoms with van der Waals surface area (Å²) in [5.41, 5.74) is -0.530. The average Bonchev–Trinajstić information content (AvgIpc) is 1.87. The van der Waals surface area contributed by atoms with Crippen molar-refractivity contribution in [3.63, 3.8) is 0 Å². The highest BCUT2D eigenvalue weighted by molar-refractivity contribution is 5.72. The summed E-state index contributed by atoms with van der Waals surface area (Å²) < 4.78 is 0. The average molecular weight is 161 g/mol. The van der Waals surface area contributed by atoms with Crippen LogP contribution in [0, 0.1) is 0 Å². The van der Waals surface area contributed by atoms with Crippen LogP contribution in [0.4, 0.5) is 0 Å². The van der Waals surface area contributed by atoms with Gasteiger partial charge in [0.05, 0.1) is 6.61 Å². The zero-order chi connectivity index (χ0) is 9.07. The lowest BCUT2D eigenvalue weighted by atomic mass is 10.1. The maximum atomic E-state index is 10.3. The molecule has 0 aliphatic heterocycles. The van der Waals surface area contributed by atoms with E-state index in [-0.39, 0.29) is 6.61 Å². The van der Waals surface area contributed by atoms with E-state index in [1.807, 2.05) is 0 Å². The highest BCUT2D eigenvalue weighted by atomic mass is 16.4. The number of carboxylic acids is 1. The molecular formula is C7H15NO3. The van der Waals surface area contributed by atoms with E-state index in [1.165, 1.54) is 0 Å². The van der Waals surface area contributed by atoms with Crippen LogP contribution in [0.25, 0.3) is 0 Å². The summed E-state index contributed by atoms with van der Waals surface area (Å²) in [6.45, 7) is 4.95. The highest BCUT2D eigenvalue weighted by Crippen LogP contribution is 2.01. The Balaban J connectivity index is 3.93. The van der Waals surface area contributed by atoms with Crippen molar-refractivity contribution in [2.45, 2.75) is 32.4 Å². The van der Waals surface area contributed by atoms with E-state index in [0.717, 1.165) is 0 Å². The zero-order valence-electron chi connectivity index (χ0n) is 7.09. The van der Waals surface area contributed by atoms with Gasteiger partial charge in [-0.1, -0.05) is 0 Å².